The van der Waals surface area contributed by atoms with Crippen LogP contribution in [0.2, 0.25) is 0 Å². The lowest BCUT2D eigenvalue weighted by Crippen LogP contribution is -2.24. The van der Waals surface area contributed by atoms with Crippen molar-refractivity contribution in [1.29, 1.82) is 0 Å². The Labute approximate surface area is 89.1 Å². The summed E-state index contributed by atoms with van der Waals surface area (Å²) in [5.41, 5.74) is 9.22. The van der Waals surface area contributed by atoms with Gasteiger partial charge in [0, 0.05) is 16.2 Å². The normalized spacial score (nSPS) is 22.1. The third-order valence-electron chi connectivity index (χ3n) is 3.21. The average Bonchev–Trinajstić information content (AvgIpc) is 2.73. The molecule has 1 fully saturated rings. The quantitative estimate of drug-likeness (QED) is 0.802. The minimum atomic E-state index is 0.150. The third-order valence-corrected chi connectivity index (χ3v) is 4.31. The Balaban J connectivity index is 1.85. The summed E-state index contributed by atoms with van der Waals surface area (Å²) in [5.74, 6) is 1.26. The molecular formula is C12H15NS. The summed E-state index contributed by atoms with van der Waals surface area (Å²) >= 11 is 1.99. The first-order valence-corrected chi connectivity index (χ1v) is 6.27. The smallest absolute Gasteiger partial charge is 0.0196 e. The first kappa shape index (κ1) is 8.81. The van der Waals surface area contributed by atoms with Crippen LogP contribution in [0.15, 0.2) is 23.1 Å². The number of fused-ring (bicyclic) bond motifs is 1. The van der Waals surface area contributed by atoms with Gasteiger partial charge in [-0.05, 0) is 42.9 Å². The molecule has 0 radical (unpaired) electrons. The number of benzene rings is 1. The molecule has 3 rings (SSSR count). The molecule has 1 aromatic carbocycles. The summed E-state index contributed by atoms with van der Waals surface area (Å²) in [5, 5.41) is 0. The molecule has 1 heterocycles. The molecule has 0 saturated heterocycles. The largest absolute Gasteiger partial charge is 0.325 e. The lowest BCUT2D eigenvalue weighted by Gasteiger charge is -2.09. The van der Waals surface area contributed by atoms with Crippen LogP contribution in [0.4, 0.5) is 0 Å². The van der Waals surface area contributed by atoms with Crippen LogP contribution in [0.1, 0.15) is 24.0 Å². The first-order chi connectivity index (χ1) is 6.75. The van der Waals surface area contributed by atoms with Crippen LogP contribution in [0.5, 0.6) is 0 Å². The highest BCUT2D eigenvalue weighted by Gasteiger charge is 2.38. The zero-order chi connectivity index (χ0) is 9.60. The van der Waals surface area contributed by atoms with Crippen LogP contribution >= 0.6 is 11.8 Å². The summed E-state index contributed by atoms with van der Waals surface area (Å²) in [6.45, 7) is 0. The maximum atomic E-state index is 6.12. The number of hydrogen-bond acceptors (Lipinski definition) is 2. The summed E-state index contributed by atoms with van der Waals surface area (Å²) in [6.07, 6.45) is 4.73. The molecule has 0 spiro atoms. The van der Waals surface area contributed by atoms with Crippen molar-refractivity contribution in [2.45, 2.75) is 36.1 Å². The van der Waals surface area contributed by atoms with E-state index >= 15 is 0 Å². The molecule has 1 aliphatic heterocycles. The summed E-state index contributed by atoms with van der Waals surface area (Å²) in [6, 6.07) is 6.90. The molecule has 1 nitrogen and oxygen atoms in total. The molecule has 0 bridgehead atoms. The Hall–Kier alpha value is -0.470. The average molecular weight is 205 g/mol. The second-order valence-corrected chi connectivity index (χ2v) is 5.72. The van der Waals surface area contributed by atoms with Crippen LogP contribution in [-0.4, -0.2) is 11.3 Å². The third kappa shape index (κ3) is 1.57. The Bertz CT molecular complexity index is 369. The van der Waals surface area contributed by atoms with Gasteiger partial charge < -0.3 is 5.73 Å². The van der Waals surface area contributed by atoms with Gasteiger partial charge in [0.15, 0.2) is 0 Å². The van der Waals surface area contributed by atoms with Gasteiger partial charge in [-0.2, -0.15) is 0 Å². The molecular weight excluding hydrogens is 190 g/mol. The molecule has 0 amide bonds. The molecule has 2 heteroatoms. The Kier molecular flexibility index (Phi) is 1.89. The van der Waals surface area contributed by atoms with Crippen molar-refractivity contribution in [3.8, 4) is 0 Å². The number of thioether (sulfide) groups is 1. The highest BCUT2D eigenvalue weighted by atomic mass is 32.2. The van der Waals surface area contributed by atoms with Crippen LogP contribution < -0.4 is 5.73 Å². The van der Waals surface area contributed by atoms with Crippen LogP contribution in [-0.2, 0) is 12.8 Å². The van der Waals surface area contributed by atoms with E-state index in [2.05, 4.69) is 18.2 Å². The SMILES string of the molecule is NC1(Cc2ccc3c(c2)SCC3)CC1. The second-order valence-electron chi connectivity index (χ2n) is 4.58. The van der Waals surface area contributed by atoms with Crippen molar-refractivity contribution < 1.29 is 0 Å². The van der Waals surface area contributed by atoms with Gasteiger partial charge in [0.25, 0.3) is 0 Å². The van der Waals surface area contributed by atoms with E-state index in [1.54, 1.807) is 0 Å². The number of hydrogen-bond donors (Lipinski definition) is 1. The van der Waals surface area contributed by atoms with Crippen LogP contribution in [0.25, 0.3) is 0 Å². The van der Waals surface area contributed by atoms with Gasteiger partial charge in [-0.25, -0.2) is 0 Å². The van der Waals surface area contributed by atoms with Gasteiger partial charge >= 0.3 is 0 Å². The monoisotopic (exact) mass is 205 g/mol. The number of nitrogens with two attached hydrogens (primary N) is 1. The molecule has 2 N–H and O–H groups in total. The van der Waals surface area contributed by atoms with Crippen LogP contribution in [0.3, 0.4) is 0 Å². The zero-order valence-electron chi connectivity index (χ0n) is 8.25. The molecule has 14 heavy (non-hydrogen) atoms. The highest BCUT2D eigenvalue weighted by molar-refractivity contribution is 7.99. The fourth-order valence-electron chi connectivity index (χ4n) is 2.06. The molecule has 2 aliphatic rings. The number of aryl methyl sites for hydroxylation is 1. The van der Waals surface area contributed by atoms with Gasteiger partial charge in [0.1, 0.15) is 0 Å². The minimum Gasteiger partial charge on any atom is -0.325 e. The van der Waals surface area contributed by atoms with Crippen molar-refractivity contribution in [3.05, 3.63) is 29.3 Å². The Morgan fingerprint density at radius 1 is 1.36 bits per heavy atom. The lowest BCUT2D eigenvalue weighted by molar-refractivity contribution is 0.671. The first-order valence-electron chi connectivity index (χ1n) is 5.29. The number of rotatable bonds is 2. The molecule has 1 aliphatic carbocycles. The standard InChI is InChI=1S/C12H15NS/c13-12(4-5-12)8-9-1-2-10-3-6-14-11(10)7-9/h1-2,7H,3-6,8,13H2. The Morgan fingerprint density at radius 2 is 2.21 bits per heavy atom. The fourth-order valence-corrected chi connectivity index (χ4v) is 3.20. The summed E-state index contributed by atoms with van der Waals surface area (Å²) in [7, 11) is 0. The molecule has 74 valence electrons. The molecule has 1 saturated carbocycles. The molecule has 0 aromatic heterocycles. The highest BCUT2D eigenvalue weighted by Crippen LogP contribution is 2.38. The van der Waals surface area contributed by atoms with Gasteiger partial charge in [-0.15, -0.1) is 11.8 Å². The second kappa shape index (κ2) is 3.01. The van der Waals surface area contributed by atoms with Crippen molar-refractivity contribution in [2.24, 2.45) is 5.73 Å². The summed E-state index contributed by atoms with van der Waals surface area (Å²) in [4.78, 5) is 1.49. The van der Waals surface area contributed by atoms with E-state index in [0.29, 0.717) is 0 Å². The summed E-state index contributed by atoms with van der Waals surface area (Å²) < 4.78 is 0. The van der Waals surface area contributed by atoms with Gasteiger partial charge in [0.05, 0.1) is 0 Å². The zero-order valence-corrected chi connectivity index (χ0v) is 9.07. The lowest BCUT2D eigenvalue weighted by atomic mass is 10.0. The van der Waals surface area contributed by atoms with E-state index in [1.807, 2.05) is 11.8 Å². The molecule has 0 unspecified atom stereocenters. The molecule has 1 aromatic rings. The predicted octanol–water partition coefficient (Wildman–Crippen LogP) is 2.37. The minimum absolute atomic E-state index is 0.150. The van der Waals surface area contributed by atoms with Crippen molar-refractivity contribution >= 4 is 11.8 Å². The molecule has 0 atom stereocenters. The van der Waals surface area contributed by atoms with Crippen molar-refractivity contribution in [3.63, 3.8) is 0 Å². The fraction of sp³-hybridized carbons (Fsp3) is 0.500. The van der Waals surface area contributed by atoms with E-state index < -0.39 is 0 Å². The van der Waals surface area contributed by atoms with Gasteiger partial charge in [-0.3, -0.25) is 0 Å². The van der Waals surface area contributed by atoms with Crippen LogP contribution in [0, 0.1) is 0 Å². The van der Waals surface area contributed by atoms with Gasteiger partial charge in [0.2, 0.25) is 0 Å². The van der Waals surface area contributed by atoms with Crippen molar-refractivity contribution in [2.75, 3.05) is 5.75 Å². The van der Waals surface area contributed by atoms with E-state index in [0.717, 1.165) is 6.42 Å². The van der Waals surface area contributed by atoms with Gasteiger partial charge in [-0.1, -0.05) is 12.1 Å². The van der Waals surface area contributed by atoms with E-state index in [1.165, 1.54) is 41.0 Å². The van der Waals surface area contributed by atoms with E-state index in [-0.39, 0.29) is 5.54 Å². The predicted molar refractivity (Wildman–Crippen MR) is 60.7 cm³/mol. The maximum absolute atomic E-state index is 6.12. The topological polar surface area (TPSA) is 26.0 Å². The van der Waals surface area contributed by atoms with E-state index in [4.69, 9.17) is 5.73 Å². The maximum Gasteiger partial charge on any atom is 0.0196 e. The Morgan fingerprint density at radius 3 is 3.00 bits per heavy atom. The van der Waals surface area contributed by atoms with E-state index in [9.17, 15) is 0 Å². The van der Waals surface area contributed by atoms with Crippen molar-refractivity contribution in [1.82, 2.24) is 0 Å².